The Labute approximate surface area is 325 Å². The number of carbonyl (C=O) groups excluding carboxylic acids is 2. The number of nitrogens with zero attached hydrogens (tertiary/aromatic N) is 2. The number of ether oxygens (including phenoxy) is 4. The second-order valence-electron chi connectivity index (χ2n) is 11.2. The molecule has 1 atom stereocenters. The number of thiazole rings is 1. The van der Waals surface area contributed by atoms with Crippen molar-refractivity contribution < 1.29 is 28.5 Å². The van der Waals surface area contributed by atoms with Crippen LogP contribution in [0.25, 0.3) is 11.8 Å². The molecule has 4 aromatic carbocycles. The van der Waals surface area contributed by atoms with Crippen LogP contribution in [-0.2, 0) is 20.9 Å². The van der Waals surface area contributed by atoms with E-state index in [1.807, 2.05) is 84.9 Å². The molecule has 1 aliphatic rings. The molecule has 9 nitrogen and oxygen atoms in total. The maximum atomic E-state index is 14.3. The Hall–Kier alpha value is -4.28. The summed E-state index contributed by atoms with van der Waals surface area (Å²) in [5.74, 6) is 0.476. The quantitative estimate of drug-likeness (QED) is 0.105. The Morgan fingerprint density at radius 3 is 2.16 bits per heavy atom. The number of hydrogen-bond donors (Lipinski definition) is 0. The molecule has 0 amide bonds. The van der Waals surface area contributed by atoms with E-state index in [2.05, 4.69) is 45.2 Å². The third-order valence-corrected chi connectivity index (χ3v) is 10.6. The van der Waals surface area contributed by atoms with Crippen molar-refractivity contribution in [2.45, 2.75) is 26.5 Å². The molecule has 260 valence electrons. The molecule has 0 spiro atoms. The van der Waals surface area contributed by atoms with Gasteiger partial charge in [0.1, 0.15) is 18.1 Å². The second-order valence-corrected chi connectivity index (χ2v) is 14.6. The molecule has 1 aliphatic heterocycles. The Bertz CT molecular complexity index is 2280. The van der Waals surface area contributed by atoms with Gasteiger partial charge in [-0.2, -0.15) is 0 Å². The molecule has 6 rings (SSSR count). The summed E-state index contributed by atoms with van der Waals surface area (Å²) in [4.78, 5) is 45.4. The van der Waals surface area contributed by atoms with Crippen LogP contribution in [0.3, 0.4) is 0 Å². The first kappa shape index (κ1) is 36.5. The fraction of sp³-hybridized carbons (Fsp3) is 0.179. The lowest BCUT2D eigenvalue weighted by Gasteiger charge is -2.26. The number of benzene rings is 4. The van der Waals surface area contributed by atoms with E-state index in [9.17, 15) is 14.4 Å². The number of methoxy groups -OCH3 is 1. The molecular weight excluding hydrogens is 894 g/mol. The average Bonchev–Trinajstić information content (AvgIpc) is 3.45. The minimum absolute atomic E-state index is 0.170. The van der Waals surface area contributed by atoms with Crippen LogP contribution in [0.4, 0.5) is 0 Å². The van der Waals surface area contributed by atoms with Gasteiger partial charge in [0.05, 0.1) is 54.9 Å². The zero-order valence-corrected chi connectivity index (χ0v) is 33.0. The van der Waals surface area contributed by atoms with Crippen LogP contribution >= 0.6 is 56.5 Å². The maximum absolute atomic E-state index is 14.3. The number of rotatable bonds is 11. The minimum atomic E-state index is -0.786. The molecule has 0 saturated carbocycles. The highest BCUT2D eigenvalue weighted by atomic mass is 127. The molecule has 5 aromatic rings. The van der Waals surface area contributed by atoms with Crippen molar-refractivity contribution in [3.63, 3.8) is 0 Å². The topological polar surface area (TPSA) is 105 Å². The van der Waals surface area contributed by atoms with E-state index < -0.39 is 12.0 Å². The predicted molar refractivity (Wildman–Crippen MR) is 213 cm³/mol. The summed E-state index contributed by atoms with van der Waals surface area (Å²) in [7, 11) is 1.59. The fourth-order valence-electron chi connectivity index (χ4n) is 5.60. The molecule has 0 radical (unpaired) electrons. The fourth-order valence-corrected chi connectivity index (χ4v) is 8.73. The molecule has 0 saturated heterocycles. The predicted octanol–water partition coefficient (Wildman–Crippen LogP) is 6.91. The first-order chi connectivity index (χ1) is 24.7. The van der Waals surface area contributed by atoms with E-state index in [4.69, 9.17) is 23.9 Å². The van der Waals surface area contributed by atoms with Crippen LogP contribution in [0.5, 0.6) is 11.5 Å². The van der Waals surface area contributed by atoms with Gasteiger partial charge in [-0.3, -0.25) is 9.36 Å². The molecular formula is C39H32I2N2O7S. The summed E-state index contributed by atoms with van der Waals surface area (Å²) < 4.78 is 26.0. The third-order valence-electron chi connectivity index (χ3n) is 7.97. The Morgan fingerprint density at radius 1 is 0.882 bits per heavy atom. The van der Waals surface area contributed by atoms with Crippen LogP contribution in [-0.4, -0.2) is 36.8 Å². The van der Waals surface area contributed by atoms with Gasteiger partial charge in [0, 0.05) is 5.56 Å². The van der Waals surface area contributed by atoms with Crippen molar-refractivity contribution in [2.75, 3.05) is 20.3 Å². The van der Waals surface area contributed by atoms with E-state index in [1.165, 1.54) is 11.3 Å². The molecule has 0 aliphatic carbocycles. The van der Waals surface area contributed by atoms with Gasteiger partial charge in [0.25, 0.3) is 5.56 Å². The highest BCUT2D eigenvalue weighted by Gasteiger charge is 2.35. The van der Waals surface area contributed by atoms with Crippen molar-refractivity contribution >= 4 is 80.2 Å². The lowest BCUT2D eigenvalue weighted by atomic mass is 9.93. The molecule has 0 bridgehead atoms. The smallest absolute Gasteiger partial charge is 0.338 e. The number of aromatic nitrogens is 1. The largest absolute Gasteiger partial charge is 0.497 e. The number of fused-ring (bicyclic) bond motifs is 1. The third kappa shape index (κ3) is 7.97. The maximum Gasteiger partial charge on any atom is 0.338 e. The van der Waals surface area contributed by atoms with E-state index in [1.54, 1.807) is 37.7 Å². The summed E-state index contributed by atoms with van der Waals surface area (Å²) in [5.41, 5.74) is 4.14. The summed E-state index contributed by atoms with van der Waals surface area (Å²) in [5, 5.41) is 0. The minimum Gasteiger partial charge on any atom is -0.497 e. The van der Waals surface area contributed by atoms with Gasteiger partial charge in [-0.25, -0.2) is 14.6 Å². The number of hydrogen-bond acceptors (Lipinski definition) is 9. The molecule has 0 fully saturated rings. The van der Waals surface area contributed by atoms with Gasteiger partial charge in [0.2, 0.25) is 0 Å². The van der Waals surface area contributed by atoms with Crippen molar-refractivity contribution in [2.24, 2.45) is 4.99 Å². The molecule has 2 heterocycles. The zero-order chi connectivity index (χ0) is 36.1. The molecule has 51 heavy (non-hydrogen) atoms. The van der Waals surface area contributed by atoms with Crippen LogP contribution in [0.2, 0.25) is 0 Å². The number of halogens is 2. The van der Waals surface area contributed by atoms with Gasteiger partial charge in [-0.1, -0.05) is 65.9 Å². The second kappa shape index (κ2) is 16.4. The summed E-state index contributed by atoms with van der Waals surface area (Å²) in [6.07, 6.45) is 1.84. The van der Waals surface area contributed by atoms with E-state index in [0.717, 1.165) is 35.1 Å². The monoisotopic (exact) mass is 926 g/mol. The van der Waals surface area contributed by atoms with E-state index >= 15 is 0 Å². The number of carbonyl (C=O) groups is 2. The van der Waals surface area contributed by atoms with Crippen LogP contribution in [0.1, 0.15) is 52.5 Å². The zero-order valence-electron chi connectivity index (χ0n) is 27.9. The van der Waals surface area contributed by atoms with Crippen LogP contribution in [0.15, 0.2) is 106 Å². The van der Waals surface area contributed by atoms with Gasteiger partial charge in [-0.15, -0.1) is 0 Å². The van der Waals surface area contributed by atoms with Crippen LogP contribution in [0, 0.1) is 7.14 Å². The van der Waals surface area contributed by atoms with Crippen molar-refractivity contribution in [3.05, 3.63) is 151 Å². The first-order valence-electron chi connectivity index (χ1n) is 16.0. The van der Waals surface area contributed by atoms with Crippen molar-refractivity contribution in [1.82, 2.24) is 4.57 Å². The van der Waals surface area contributed by atoms with Crippen LogP contribution < -0.4 is 24.4 Å². The summed E-state index contributed by atoms with van der Waals surface area (Å²) in [6, 6.07) is 27.0. The highest BCUT2D eigenvalue weighted by Crippen LogP contribution is 2.36. The normalized spacial score (nSPS) is 14.1. The average molecular weight is 927 g/mol. The van der Waals surface area contributed by atoms with E-state index in [0.29, 0.717) is 39.6 Å². The first-order valence-corrected chi connectivity index (χ1v) is 19.0. The van der Waals surface area contributed by atoms with Crippen molar-refractivity contribution in [1.29, 1.82) is 0 Å². The molecule has 0 unspecified atom stereocenters. The number of esters is 2. The van der Waals surface area contributed by atoms with Gasteiger partial charge < -0.3 is 18.9 Å². The van der Waals surface area contributed by atoms with Gasteiger partial charge in [0.15, 0.2) is 4.80 Å². The highest BCUT2D eigenvalue weighted by molar-refractivity contribution is 14.1. The molecule has 1 aromatic heterocycles. The standard InChI is InChI=1S/C39H32I2N2O7S/c1-4-48-37(45)27-13-11-23(12-14-27)22-50-35-29(40)19-24(20-30(35)41)21-31-36(44)43-34(26-15-17-28(47-3)18-16-26)32(38(46)49-5-2)33(42-39(43)51-31)25-9-7-6-8-10-25/h6-21,34H,4-5,22H2,1-3H3/b31-21-/t34-/m0/s1. The summed E-state index contributed by atoms with van der Waals surface area (Å²) in [6.45, 7) is 4.33. The van der Waals surface area contributed by atoms with E-state index in [-0.39, 0.29) is 23.7 Å². The molecule has 0 N–H and O–H groups in total. The Morgan fingerprint density at radius 2 is 1.53 bits per heavy atom. The summed E-state index contributed by atoms with van der Waals surface area (Å²) >= 11 is 5.73. The Balaban J connectivity index is 1.39. The lowest BCUT2D eigenvalue weighted by molar-refractivity contribution is -0.138. The SMILES string of the molecule is CCOC(=O)C1=C(c2ccccc2)N=c2s/c(=C\c3cc(I)c(OCc4ccc(C(=O)OCC)cc4)c(I)c3)c(=O)n2[C@H]1c1ccc(OC)cc1. The Kier molecular flexibility index (Phi) is 11.7. The van der Waals surface area contributed by atoms with Crippen molar-refractivity contribution in [3.8, 4) is 11.5 Å². The molecule has 12 heteroatoms. The van der Waals surface area contributed by atoms with Gasteiger partial charge in [-0.05, 0) is 118 Å². The lowest BCUT2D eigenvalue weighted by Crippen LogP contribution is -2.40. The van der Waals surface area contributed by atoms with Gasteiger partial charge >= 0.3 is 11.9 Å².